The number of fused-ring (bicyclic) bond motifs is 1. The van der Waals surface area contributed by atoms with Crippen LogP contribution in [0.4, 0.5) is 14.5 Å². The van der Waals surface area contributed by atoms with Crippen molar-refractivity contribution < 1.29 is 23.0 Å². The molecule has 118 valence electrons. The number of carbonyl (C=O) groups is 1. The van der Waals surface area contributed by atoms with Crippen molar-refractivity contribution in [2.45, 2.75) is 6.61 Å². The Hall–Kier alpha value is -2.89. The number of ether oxygens (including phenoxy) is 2. The number of hydrogen-bond acceptors (Lipinski definition) is 3. The molecule has 2 aromatic rings. The number of halogens is 2. The molecule has 0 bridgehead atoms. The summed E-state index contributed by atoms with van der Waals surface area (Å²) in [5.41, 5.74) is 2.69. The first-order valence-corrected chi connectivity index (χ1v) is 6.84. The lowest BCUT2D eigenvalue weighted by atomic mass is 10.0. The fraction of sp³-hybridized carbons (Fsp3) is 0.118. The van der Waals surface area contributed by atoms with Crippen molar-refractivity contribution in [1.29, 1.82) is 0 Å². The van der Waals surface area contributed by atoms with Crippen LogP contribution in [-0.2, 0) is 4.79 Å². The Morgan fingerprint density at radius 3 is 2.65 bits per heavy atom. The molecule has 0 atom stereocenters. The number of benzene rings is 2. The molecule has 3 rings (SSSR count). The summed E-state index contributed by atoms with van der Waals surface area (Å²) in [6.07, 6.45) is 1.68. The van der Waals surface area contributed by atoms with E-state index in [1.807, 2.05) is 24.3 Å². The molecule has 1 heterocycles. The highest BCUT2D eigenvalue weighted by Crippen LogP contribution is 2.35. The molecule has 0 aliphatic carbocycles. The molecule has 1 N–H and O–H groups in total. The van der Waals surface area contributed by atoms with Crippen LogP contribution in [0.15, 0.2) is 42.5 Å². The number of hydrogen-bond donors (Lipinski definition) is 1. The van der Waals surface area contributed by atoms with Crippen molar-refractivity contribution in [1.82, 2.24) is 0 Å². The van der Waals surface area contributed by atoms with E-state index in [1.54, 1.807) is 18.2 Å². The van der Waals surface area contributed by atoms with Crippen molar-refractivity contribution in [3.05, 3.63) is 53.6 Å². The number of nitrogens with one attached hydrogen (secondary N) is 1. The zero-order valence-electron chi connectivity index (χ0n) is 12.2. The van der Waals surface area contributed by atoms with Gasteiger partial charge in [-0.1, -0.05) is 24.3 Å². The van der Waals surface area contributed by atoms with E-state index in [9.17, 15) is 13.6 Å². The zero-order chi connectivity index (χ0) is 16.4. The van der Waals surface area contributed by atoms with E-state index < -0.39 is 6.61 Å². The minimum atomic E-state index is -2.93. The van der Waals surface area contributed by atoms with Crippen LogP contribution in [0.3, 0.4) is 0 Å². The molecule has 0 aromatic heterocycles. The summed E-state index contributed by atoms with van der Waals surface area (Å²) >= 11 is 0. The molecular formula is C17H13F2NO3. The highest BCUT2D eigenvalue weighted by atomic mass is 19.3. The summed E-state index contributed by atoms with van der Waals surface area (Å²) in [6.45, 7) is -2.93. The Balaban J connectivity index is 1.98. The summed E-state index contributed by atoms with van der Waals surface area (Å²) in [6, 6.07) is 11.8. The molecule has 4 nitrogen and oxygen atoms in total. The molecule has 1 aliphatic rings. The average Bonchev–Trinajstić information content (AvgIpc) is 2.84. The van der Waals surface area contributed by atoms with Crippen molar-refractivity contribution in [2.75, 3.05) is 12.4 Å². The summed E-state index contributed by atoms with van der Waals surface area (Å²) in [5.74, 6) is -0.0923. The van der Waals surface area contributed by atoms with Crippen molar-refractivity contribution in [2.24, 2.45) is 0 Å². The maximum Gasteiger partial charge on any atom is 0.387 e. The van der Waals surface area contributed by atoms with Gasteiger partial charge < -0.3 is 14.8 Å². The van der Waals surface area contributed by atoms with Gasteiger partial charge in [0, 0.05) is 16.8 Å². The van der Waals surface area contributed by atoms with Crippen molar-refractivity contribution in [3.63, 3.8) is 0 Å². The minimum absolute atomic E-state index is 0.0547. The smallest absolute Gasteiger partial charge is 0.387 e. The summed E-state index contributed by atoms with van der Waals surface area (Å²) in [5, 5.41) is 2.77. The minimum Gasteiger partial charge on any atom is -0.493 e. The molecule has 0 saturated heterocycles. The number of alkyl halides is 2. The van der Waals surface area contributed by atoms with Gasteiger partial charge >= 0.3 is 6.61 Å². The molecule has 0 radical (unpaired) electrons. The number of anilines is 1. The quantitative estimate of drug-likeness (QED) is 0.873. The normalized spacial score (nSPS) is 14.8. The Labute approximate surface area is 131 Å². The summed E-state index contributed by atoms with van der Waals surface area (Å²) < 4.78 is 34.1. The molecule has 1 amide bonds. The van der Waals surface area contributed by atoms with Crippen molar-refractivity contribution >= 4 is 23.2 Å². The highest BCUT2D eigenvalue weighted by Gasteiger charge is 2.23. The number of amides is 1. The second-order valence-corrected chi connectivity index (χ2v) is 4.85. The van der Waals surface area contributed by atoms with E-state index >= 15 is 0 Å². The first kappa shape index (κ1) is 15.0. The molecule has 2 aromatic carbocycles. The van der Waals surface area contributed by atoms with Crippen LogP contribution in [0.2, 0.25) is 0 Å². The van der Waals surface area contributed by atoms with E-state index in [0.717, 1.165) is 11.3 Å². The first-order valence-electron chi connectivity index (χ1n) is 6.84. The van der Waals surface area contributed by atoms with E-state index in [4.69, 9.17) is 4.74 Å². The predicted molar refractivity (Wildman–Crippen MR) is 82.6 cm³/mol. The maximum atomic E-state index is 12.3. The SMILES string of the molecule is COc1cc(/C=C2/C(=O)Nc3ccccc32)ccc1OC(F)F. The van der Waals surface area contributed by atoms with Gasteiger partial charge in [-0.2, -0.15) is 8.78 Å². The third kappa shape index (κ3) is 3.01. The lowest BCUT2D eigenvalue weighted by Crippen LogP contribution is -2.04. The number of rotatable bonds is 4. The van der Waals surface area contributed by atoms with Crippen LogP contribution >= 0.6 is 0 Å². The van der Waals surface area contributed by atoms with Gasteiger partial charge in [0.1, 0.15) is 0 Å². The van der Waals surface area contributed by atoms with Crippen molar-refractivity contribution in [3.8, 4) is 11.5 Å². The Morgan fingerprint density at radius 2 is 1.91 bits per heavy atom. The largest absolute Gasteiger partial charge is 0.493 e. The Morgan fingerprint density at radius 1 is 1.13 bits per heavy atom. The fourth-order valence-electron chi connectivity index (χ4n) is 2.42. The van der Waals surface area contributed by atoms with Gasteiger partial charge in [-0.15, -0.1) is 0 Å². The van der Waals surface area contributed by atoms with Gasteiger partial charge in [-0.25, -0.2) is 0 Å². The molecule has 23 heavy (non-hydrogen) atoms. The van der Waals surface area contributed by atoms with Crippen LogP contribution in [0.1, 0.15) is 11.1 Å². The van der Waals surface area contributed by atoms with E-state index in [1.165, 1.54) is 13.2 Å². The highest BCUT2D eigenvalue weighted by molar-refractivity contribution is 6.34. The molecule has 6 heteroatoms. The zero-order valence-corrected chi connectivity index (χ0v) is 12.2. The van der Waals surface area contributed by atoms with Crippen LogP contribution in [0.25, 0.3) is 11.6 Å². The summed E-state index contributed by atoms with van der Waals surface area (Å²) in [7, 11) is 1.36. The lowest BCUT2D eigenvalue weighted by molar-refractivity contribution is -0.110. The van der Waals surface area contributed by atoms with Gasteiger partial charge in [-0.3, -0.25) is 4.79 Å². The van der Waals surface area contributed by atoms with Gasteiger partial charge in [0.25, 0.3) is 5.91 Å². The van der Waals surface area contributed by atoms with Crippen LogP contribution in [-0.4, -0.2) is 19.6 Å². The van der Waals surface area contributed by atoms with Gasteiger partial charge in [0.2, 0.25) is 0 Å². The number of methoxy groups -OCH3 is 1. The molecule has 1 aliphatic heterocycles. The second kappa shape index (κ2) is 6.08. The van der Waals surface area contributed by atoms with Gasteiger partial charge in [0.15, 0.2) is 11.5 Å². The molecule has 0 fully saturated rings. The van der Waals surface area contributed by atoms with E-state index in [-0.39, 0.29) is 17.4 Å². The topological polar surface area (TPSA) is 47.6 Å². The standard InChI is InChI=1S/C17H13F2NO3/c1-22-15-9-10(6-7-14(15)23-17(18)19)8-12-11-4-2-3-5-13(11)20-16(12)21/h2-9,17H,1H3,(H,20,21)/b12-8+. The average molecular weight is 317 g/mol. The number of para-hydroxylation sites is 1. The second-order valence-electron chi connectivity index (χ2n) is 4.85. The third-order valence-electron chi connectivity index (χ3n) is 3.42. The summed E-state index contributed by atoms with van der Waals surface area (Å²) in [4.78, 5) is 12.1. The van der Waals surface area contributed by atoms with E-state index in [2.05, 4.69) is 10.1 Å². The first-order chi connectivity index (χ1) is 11.1. The van der Waals surface area contributed by atoms with Gasteiger partial charge in [0.05, 0.1) is 7.11 Å². The molecule has 0 spiro atoms. The van der Waals surface area contributed by atoms with Crippen LogP contribution in [0.5, 0.6) is 11.5 Å². The predicted octanol–water partition coefficient (Wildman–Crippen LogP) is 3.79. The molecular weight excluding hydrogens is 304 g/mol. The molecule has 0 saturated carbocycles. The Bertz CT molecular complexity index is 787. The third-order valence-corrected chi connectivity index (χ3v) is 3.42. The lowest BCUT2D eigenvalue weighted by Gasteiger charge is -2.10. The van der Waals surface area contributed by atoms with Gasteiger partial charge in [-0.05, 0) is 29.8 Å². The number of carbonyl (C=O) groups excluding carboxylic acids is 1. The Kier molecular flexibility index (Phi) is 3.97. The fourth-order valence-corrected chi connectivity index (χ4v) is 2.42. The van der Waals surface area contributed by atoms with Crippen LogP contribution < -0.4 is 14.8 Å². The monoisotopic (exact) mass is 317 g/mol. The van der Waals surface area contributed by atoms with Crippen LogP contribution in [0, 0.1) is 0 Å². The maximum absolute atomic E-state index is 12.3. The molecule has 0 unspecified atom stereocenters. The van der Waals surface area contributed by atoms with E-state index in [0.29, 0.717) is 11.1 Å².